The summed E-state index contributed by atoms with van der Waals surface area (Å²) >= 11 is 5.23. The van der Waals surface area contributed by atoms with Gasteiger partial charge in [0.25, 0.3) is 5.91 Å². The molecule has 2 aromatic heterocycles. The van der Waals surface area contributed by atoms with E-state index in [1.165, 1.54) is 0 Å². The van der Waals surface area contributed by atoms with Crippen molar-refractivity contribution in [3.63, 3.8) is 0 Å². The molecular weight excluding hydrogens is 388 g/mol. The number of likely N-dealkylation sites (tertiary alicyclic amines) is 1. The Bertz CT molecular complexity index is 1050. The summed E-state index contributed by atoms with van der Waals surface area (Å²) in [5.74, 6) is 1.40. The van der Waals surface area contributed by atoms with Gasteiger partial charge in [0, 0.05) is 26.1 Å². The van der Waals surface area contributed by atoms with Gasteiger partial charge in [-0.25, -0.2) is 4.68 Å². The summed E-state index contributed by atoms with van der Waals surface area (Å²) < 4.78 is 9.88. The van der Waals surface area contributed by atoms with Crippen LogP contribution in [0.1, 0.15) is 42.0 Å². The minimum absolute atomic E-state index is 0.121. The van der Waals surface area contributed by atoms with E-state index in [2.05, 4.69) is 15.3 Å². The quantitative estimate of drug-likeness (QED) is 0.652. The number of hydrogen-bond donors (Lipinski definition) is 1. The van der Waals surface area contributed by atoms with Gasteiger partial charge < -0.3 is 14.2 Å². The van der Waals surface area contributed by atoms with Crippen LogP contribution < -0.4 is 4.74 Å². The van der Waals surface area contributed by atoms with Crippen molar-refractivity contribution in [2.24, 2.45) is 7.05 Å². The van der Waals surface area contributed by atoms with Gasteiger partial charge in [0.15, 0.2) is 16.2 Å². The van der Waals surface area contributed by atoms with Crippen LogP contribution in [0.25, 0.3) is 5.69 Å². The number of carbonyl (C=O) groups is 1. The molecule has 1 aliphatic heterocycles. The largest absolute Gasteiger partial charge is 0.490 e. The first kappa shape index (κ1) is 19.4. The van der Waals surface area contributed by atoms with E-state index in [-0.39, 0.29) is 11.8 Å². The van der Waals surface area contributed by atoms with Crippen LogP contribution in [0.4, 0.5) is 0 Å². The standard InChI is InChI=1S/C20H24N6O2S/c1-3-28-16-13-26(15-9-5-4-6-10-15)23-17(16)19(27)25-11-7-8-14(12-25)18-21-22-20(29)24(18)2/h4-6,9-10,13-14H,3,7-8,11-12H2,1-2H3,(H,22,29). The van der Waals surface area contributed by atoms with E-state index in [0.29, 0.717) is 35.9 Å². The molecule has 1 saturated heterocycles. The minimum Gasteiger partial charge on any atom is -0.490 e. The smallest absolute Gasteiger partial charge is 0.278 e. The molecule has 29 heavy (non-hydrogen) atoms. The van der Waals surface area contributed by atoms with E-state index >= 15 is 0 Å². The van der Waals surface area contributed by atoms with E-state index in [0.717, 1.165) is 24.4 Å². The molecule has 3 aromatic rings. The maximum absolute atomic E-state index is 13.3. The molecule has 1 aliphatic rings. The highest BCUT2D eigenvalue weighted by atomic mass is 32.1. The third-order valence-corrected chi connectivity index (χ3v) is 5.56. The number of piperidine rings is 1. The van der Waals surface area contributed by atoms with Gasteiger partial charge >= 0.3 is 0 Å². The van der Waals surface area contributed by atoms with Gasteiger partial charge in [-0.15, -0.1) is 0 Å². The number of aromatic amines is 1. The third-order valence-electron chi connectivity index (χ3n) is 5.19. The molecule has 0 saturated carbocycles. The maximum Gasteiger partial charge on any atom is 0.278 e. The summed E-state index contributed by atoms with van der Waals surface area (Å²) in [6.07, 6.45) is 3.64. The number of nitrogens with zero attached hydrogens (tertiary/aromatic N) is 5. The molecular formula is C20H24N6O2S. The number of ether oxygens (including phenoxy) is 1. The first-order chi connectivity index (χ1) is 14.1. The first-order valence-electron chi connectivity index (χ1n) is 9.77. The zero-order valence-electron chi connectivity index (χ0n) is 16.5. The number of benzene rings is 1. The zero-order valence-corrected chi connectivity index (χ0v) is 17.4. The Kier molecular flexibility index (Phi) is 5.48. The van der Waals surface area contributed by atoms with E-state index in [1.54, 1.807) is 10.9 Å². The lowest BCUT2D eigenvalue weighted by molar-refractivity contribution is 0.0693. The Morgan fingerprint density at radius 3 is 2.83 bits per heavy atom. The summed E-state index contributed by atoms with van der Waals surface area (Å²) in [6, 6.07) is 9.70. The topological polar surface area (TPSA) is 81.0 Å². The van der Waals surface area contributed by atoms with Crippen molar-refractivity contribution in [2.75, 3.05) is 19.7 Å². The molecule has 0 spiro atoms. The number of carbonyl (C=O) groups excluding carboxylic acids is 1. The van der Waals surface area contributed by atoms with Crippen LogP contribution in [0.3, 0.4) is 0 Å². The Hall–Kier alpha value is -2.94. The number of para-hydroxylation sites is 1. The number of rotatable bonds is 5. The molecule has 152 valence electrons. The SMILES string of the molecule is CCOc1cn(-c2ccccc2)nc1C(=O)N1CCCC(c2n[nH]c(=S)n2C)C1. The van der Waals surface area contributed by atoms with Gasteiger partial charge in [-0.2, -0.15) is 10.2 Å². The number of amides is 1. The van der Waals surface area contributed by atoms with Crippen molar-refractivity contribution in [1.82, 2.24) is 29.4 Å². The lowest BCUT2D eigenvalue weighted by atomic mass is 9.97. The average molecular weight is 413 g/mol. The molecule has 8 nitrogen and oxygen atoms in total. The predicted molar refractivity (Wildman–Crippen MR) is 111 cm³/mol. The molecule has 9 heteroatoms. The second-order valence-electron chi connectivity index (χ2n) is 7.09. The lowest BCUT2D eigenvalue weighted by Crippen LogP contribution is -2.40. The molecule has 0 radical (unpaired) electrons. The Balaban J connectivity index is 1.60. The number of H-pyrrole nitrogens is 1. The normalized spacial score (nSPS) is 16.8. The molecule has 1 atom stereocenters. The molecule has 0 bridgehead atoms. The van der Waals surface area contributed by atoms with Crippen molar-refractivity contribution in [2.45, 2.75) is 25.7 Å². The summed E-state index contributed by atoms with van der Waals surface area (Å²) in [5, 5.41) is 11.7. The average Bonchev–Trinajstić information content (AvgIpc) is 3.32. The van der Waals surface area contributed by atoms with Gasteiger partial charge in [0.1, 0.15) is 5.82 Å². The van der Waals surface area contributed by atoms with E-state index in [9.17, 15) is 4.79 Å². The molecule has 1 amide bonds. The molecule has 3 heterocycles. The van der Waals surface area contributed by atoms with Crippen LogP contribution in [0, 0.1) is 4.77 Å². The highest BCUT2D eigenvalue weighted by Crippen LogP contribution is 2.28. The number of aromatic nitrogens is 5. The van der Waals surface area contributed by atoms with Crippen molar-refractivity contribution < 1.29 is 9.53 Å². The van der Waals surface area contributed by atoms with Crippen LogP contribution in [0.5, 0.6) is 5.75 Å². The Labute approximate surface area is 174 Å². The molecule has 1 unspecified atom stereocenters. The van der Waals surface area contributed by atoms with E-state index in [1.807, 2.05) is 53.8 Å². The first-order valence-corrected chi connectivity index (χ1v) is 10.2. The van der Waals surface area contributed by atoms with Crippen molar-refractivity contribution in [3.05, 3.63) is 52.8 Å². The van der Waals surface area contributed by atoms with Crippen LogP contribution >= 0.6 is 12.2 Å². The lowest BCUT2D eigenvalue weighted by Gasteiger charge is -2.31. The minimum atomic E-state index is -0.121. The fourth-order valence-electron chi connectivity index (χ4n) is 3.73. The summed E-state index contributed by atoms with van der Waals surface area (Å²) in [5.41, 5.74) is 1.22. The number of nitrogens with one attached hydrogen (secondary N) is 1. The third kappa shape index (κ3) is 3.82. The predicted octanol–water partition coefficient (Wildman–Crippen LogP) is 3.08. The zero-order chi connectivity index (χ0) is 20.4. The Morgan fingerprint density at radius 2 is 2.14 bits per heavy atom. The second kappa shape index (κ2) is 8.20. The highest BCUT2D eigenvalue weighted by Gasteiger charge is 2.31. The monoisotopic (exact) mass is 412 g/mol. The fourth-order valence-corrected chi connectivity index (χ4v) is 3.87. The van der Waals surface area contributed by atoms with Crippen LogP contribution in [0.2, 0.25) is 0 Å². The summed E-state index contributed by atoms with van der Waals surface area (Å²) in [7, 11) is 1.90. The molecule has 4 rings (SSSR count). The van der Waals surface area contributed by atoms with Gasteiger partial charge in [-0.3, -0.25) is 9.89 Å². The summed E-state index contributed by atoms with van der Waals surface area (Å²) in [6.45, 7) is 3.63. The van der Waals surface area contributed by atoms with Crippen molar-refractivity contribution in [3.8, 4) is 11.4 Å². The van der Waals surface area contributed by atoms with E-state index in [4.69, 9.17) is 17.0 Å². The van der Waals surface area contributed by atoms with Crippen molar-refractivity contribution >= 4 is 18.1 Å². The van der Waals surface area contributed by atoms with Gasteiger partial charge in [-0.05, 0) is 44.1 Å². The second-order valence-corrected chi connectivity index (χ2v) is 7.48. The van der Waals surface area contributed by atoms with Crippen molar-refractivity contribution in [1.29, 1.82) is 0 Å². The van der Waals surface area contributed by atoms with Gasteiger partial charge in [-0.1, -0.05) is 18.2 Å². The molecule has 0 aliphatic carbocycles. The molecule has 1 fully saturated rings. The number of hydrogen-bond acceptors (Lipinski definition) is 5. The Morgan fingerprint density at radius 1 is 1.34 bits per heavy atom. The van der Waals surface area contributed by atoms with Crippen LogP contribution in [0.15, 0.2) is 36.5 Å². The molecule has 1 aromatic carbocycles. The maximum atomic E-state index is 13.3. The van der Waals surface area contributed by atoms with Gasteiger partial charge in [0.2, 0.25) is 0 Å². The molecule has 1 N–H and O–H groups in total. The fraction of sp³-hybridized carbons (Fsp3) is 0.400. The van der Waals surface area contributed by atoms with Gasteiger partial charge in [0.05, 0.1) is 18.5 Å². The van der Waals surface area contributed by atoms with E-state index < -0.39 is 0 Å². The summed E-state index contributed by atoms with van der Waals surface area (Å²) in [4.78, 5) is 15.2. The highest BCUT2D eigenvalue weighted by molar-refractivity contribution is 7.71. The van der Waals surface area contributed by atoms with Crippen LogP contribution in [-0.4, -0.2) is 55.0 Å². The van der Waals surface area contributed by atoms with Crippen LogP contribution in [-0.2, 0) is 7.05 Å².